The van der Waals surface area contributed by atoms with Gasteiger partial charge in [-0.05, 0) is 36.8 Å². The fourth-order valence-electron chi connectivity index (χ4n) is 1.88. The number of anilines is 1. The molecular formula is C15H13BrCl2N2O. The molecule has 1 unspecified atom stereocenters. The smallest absolute Gasteiger partial charge is 0.253 e. The highest BCUT2D eigenvalue weighted by Crippen LogP contribution is 2.29. The summed E-state index contributed by atoms with van der Waals surface area (Å²) in [6.07, 6.45) is 0. The molecule has 0 aliphatic heterocycles. The lowest BCUT2D eigenvalue weighted by Gasteiger charge is -2.15. The van der Waals surface area contributed by atoms with Gasteiger partial charge >= 0.3 is 0 Å². The highest BCUT2D eigenvalue weighted by molar-refractivity contribution is 9.10. The number of carbonyl (C=O) groups is 1. The molecule has 0 radical (unpaired) electrons. The topological polar surface area (TPSA) is 55.1 Å². The van der Waals surface area contributed by atoms with Crippen LogP contribution >= 0.6 is 39.1 Å². The molecule has 21 heavy (non-hydrogen) atoms. The van der Waals surface area contributed by atoms with Crippen LogP contribution in [0.15, 0.2) is 40.9 Å². The molecule has 2 aromatic carbocycles. The Hall–Kier alpha value is -1.23. The second kappa shape index (κ2) is 6.69. The van der Waals surface area contributed by atoms with Gasteiger partial charge in [-0.3, -0.25) is 4.79 Å². The van der Waals surface area contributed by atoms with Crippen molar-refractivity contribution in [3.8, 4) is 0 Å². The van der Waals surface area contributed by atoms with E-state index in [4.69, 9.17) is 28.9 Å². The third-order valence-electron chi connectivity index (χ3n) is 3.01. The Morgan fingerprint density at radius 2 is 1.86 bits per heavy atom. The number of nitrogen functional groups attached to an aromatic ring is 1. The summed E-state index contributed by atoms with van der Waals surface area (Å²) < 4.78 is 0.982. The zero-order valence-electron chi connectivity index (χ0n) is 11.2. The van der Waals surface area contributed by atoms with Crippen LogP contribution in [0.4, 0.5) is 5.69 Å². The number of carbonyl (C=O) groups excluding carboxylic acids is 1. The second-order valence-electron chi connectivity index (χ2n) is 4.61. The maximum Gasteiger partial charge on any atom is 0.253 e. The van der Waals surface area contributed by atoms with Gasteiger partial charge in [0.1, 0.15) is 0 Å². The Labute approximate surface area is 141 Å². The Morgan fingerprint density at radius 3 is 2.48 bits per heavy atom. The zero-order chi connectivity index (χ0) is 15.6. The number of halogens is 3. The Morgan fingerprint density at radius 1 is 1.24 bits per heavy atom. The predicted octanol–water partition coefficient (Wildman–Crippen LogP) is 4.83. The monoisotopic (exact) mass is 386 g/mol. The molecule has 0 bridgehead atoms. The summed E-state index contributed by atoms with van der Waals surface area (Å²) in [6.45, 7) is 1.89. The van der Waals surface area contributed by atoms with Crippen LogP contribution < -0.4 is 11.1 Å². The van der Waals surface area contributed by atoms with Crippen molar-refractivity contribution >= 4 is 50.7 Å². The van der Waals surface area contributed by atoms with Crippen LogP contribution in [0.2, 0.25) is 10.0 Å². The molecule has 2 rings (SSSR count). The minimum absolute atomic E-state index is 0.165. The van der Waals surface area contributed by atoms with Crippen molar-refractivity contribution in [3.63, 3.8) is 0 Å². The molecule has 0 saturated carbocycles. The largest absolute Gasteiger partial charge is 0.399 e. The lowest BCUT2D eigenvalue weighted by atomic mass is 10.1. The Bertz CT molecular complexity index is 674. The first-order chi connectivity index (χ1) is 9.88. The molecule has 0 fully saturated rings. The first kappa shape index (κ1) is 16.1. The van der Waals surface area contributed by atoms with E-state index in [0.717, 1.165) is 10.0 Å². The molecule has 1 atom stereocenters. The van der Waals surface area contributed by atoms with Gasteiger partial charge in [-0.2, -0.15) is 0 Å². The molecule has 0 aromatic heterocycles. The average Bonchev–Trinajstić information content (AvgIpc) is 2.43. The maximum atomic E-state index is 12.3. The summed E-state index contributed by atoms with van der Waals surface area (Å²) in [7, 11) is 0. The molecular weight excluding hydrogens is 375 g/mol. The van der Waals surface area contributed by atoms with E-state index in [0.29, 0.717) is 5.69 Å². The summed E-state index contributed by atoms with van der Waals surface area (Å²) in [5.41, 5.74) is 7.34. The van der Waals surface area contributed by atoms with Crippen molar-refractivity contribution in [2.75, 3.05) is 5.73 Å². The third kappa shape index (κ3) is 3.90. The van der Waals surface area contributed by atoms with Crippen LogP contribution in [0.5, 0.6) is 0 Å². The molecule has 1 amide bonds. The number of hydrogen-bond donors (Lipinski definition) is 2. The molecule has 0 heterocycles. The quantitative estimate of drug-likeness (QED) is 0.741. The molecule has 0 spiro atoms. The second-order valence-corrected chi connectivity index (χ2v) is 6.31. The molecule has 2 aromatic rings. The number of benzene rings is 2. The van der Waals surface area contributed by atoms with Crippen molar-refractivity contribution in [2.45, 2.75) is 13.0 Å². The van der Waals surface area contributed by atoms with Gasteiger partial charge in [0.15, 0.2) is 0 Å². The van der Waals surface area contributed by atoms with Gasteiger partial charge in [0.2, 0.25) is 0 Å². The van der Waals surface area contributed by atoms with E-state index in [2.05, 4.69) is 21.2 Å². The SMILES string of the molecule is CC(NC(=O)c1cc(N)cc(Cl)c1Cl)c1ccc(Br)cc1. The van der Waals surface area contributed by atoms with E-state index < -0.39 is 0 Å². The van der Waals surface area contributed by atoms with Crippen LogP contribution in [0.25, 0.3) is 0 Å². The fraction of sp³-hybridized carbons (Fsp3) is 0.133. The number of nitrogens with two attached hydrogens (primary N) is 1. The first-order valence-corrected chi connectivity index (χ1v) is 7.74. The molecule has 3 N–H and O–H groups in total. The summed E-state index contributed by atoms with van der Waals surface area (Å²) in [5.74, 6) is -0.315. The fourth-order valence-corrected chi connectivity index (χ4v) is 2.57. The molecule has 0 saturated heterocycles. The van der Waals surface area contributed by atoms with Crippen LogP contribution in [0.3, 0.4) is 0 Å². The van der Waals surface area contributed by atoms with Crippen molar-refractivity contribution in [3.05, 3.63) is 62.0 Å². The van der Waals surface area contributed by atoms with Gasteiger partial charge in [0.25, 0.3) is 5.91 Å². The van der Waals surface area contributed by atoms with Gasteiger partial charge in [-0.25, -0.2) is 0 Å². The van der Waals surface area contributed by atoms with Gasteiger partial charge in [-0.1, -0.05) is 51.3 Å². The molecule has 6 heteroatoms. The lowest BCUT2D eigenvalue weighted by molar-refractivity contribution is 0.0940. The van der Waals surface area contributed by atoms with Crippen LogP contribution in [0.1, 0.15) is 28.9 Å². The van der Waals surface area contributed by atoms with Crippen molar-refractivity contribution in [1.82, 2.24) is 5.32 Å². The van der Waals surface area contributed by atoms with Gasteiger partial charge < -0.3 is 11.1 Å². The van der Waals surface area contributed by atoms with Gasteiger partial charge in [0, 0.05) is 10.2 Å². The molecule has 0 aliphatic carbocycles. The summed E-state index contributed by atoms with van der Waals surface area (Å²) >= 11 is 15.4. The minimum Gasteiger partial charge on any atom is -0.399 e. The third-order valence-corrected chi connectivity index (χ3v) is 4.34. The van der Waals surface area contributed by atoms with E-state index in [1.807, 2.05) is 31.2 Å². The van der Waals surface area contributed by atoms with Crippen LogP contribution in [-0.4, -0.2) is 5.91 Å². The summed E-state index contributed by atoms with van der Waals surface area (Å²) in [6, 6.07) is 10.6. The maximum absolute atomic E-state index is 12.3. The van der Waals surface area contributed by atoms with Gasteiger partial charge in [0.05, 0.1) is 21.7 Å². The molecule has 0 aliphatic rings. The highest BCUT2D eigenvalue weighted by atomic mass is 79.9. The average molecular weight is 388 g/mol. The number of nitrogens with one attached hydrogen (secondary N) is 1. The number of rotatable bonds is 3. The standard InChI is InChI=1S/C15H13BrCl2N2O/c1-8(9-2-4-10(16)5-3-9)20-15(21)12-6-11(19)7-13(17)14(12)18/h2-8H,19H2,1H3,(H,20,21). The van der Waals surface area contributed by atoms with Crippen molar-refractivity contribution < 1.29 is 4.79 Å². The minimum atomic E-state index is -0.315. The van der Waals surface area contributed by atoms with E-state index in [1.165, 1.54) is 12.1 Å². The summed E-state index contributed by atoms with van der Waals surface area (Å²) in [5, 5.41) is 3.34. The van der Waals surface area contributed by atoms with Crippen LogP contribution in [0, 0.1) is 0 Å². The van der Waals surface area contributed by atoms with E-state index in [9.17, 15) is 4.79 Å². The van der Waals surface area contributed by atoms with Crippen molar-refractivity contribution in [2.24, 2.45) is 0 Å². The summed E-state index contributed by atoms with van der Waals surface area (Å²) in [4.78, 5) is 12.3. The molecule has 110 valence electrons. The van der Waals surface area contributed by atoms with Gasteiger partial charge in [-0.15, -0.1) is 0 Å². The lowest BCUT2D eigenvalue weighted by Crippen LogP contribution is -2.27. The Balaban J connectivity index is 2.20. The predicted molar refractivity (Wildman–Crippen MR) is 90.9 cm³/mol. The zero-order valence-corrected chi connectivity index (χ0v) is 14.3. The molecule has 3 nitrogen and oxygen atoms in total. The highest BCUT2D eigenvalue weighted by Gasteiger charge is 2.16. The number of hydrogen-bond acceptors (Lipinski definition) is 2. The Kier molecular flexibility index (Phi) is 5.14. The van der Waals surface area contributed by atoms with E-state index >= 15 is 0 Å². The first-order valence-electron chi connectivity index (χ1n) is 6.19. The van der Waals surface area contributed by atoms with E-state index in [-0.39, 0.29) is 27.6 Å². The normalized spacial score (nSPS) is 12.0. The van der Waals surface area contributed by atoms with Crippen molar-refractivity contribution in [1.29, 1.82) is 0 Å². The van der Waals surface area contributed by atoms with Crippen LogP contribution in [-0.2, 0) is 0 Å². The number of amides is 1. The van der Waals surface area contributed by atoms with E-state index in [1.54, 1.807) is 0 Å².